The molecule has 3 N–H and O–H groups in total. The number of nitrogens with one attached hydrogen (secondary N) is 2. The number of carboxylic acids is 1. The number of aliphatic carboxylic acids is 1. The zero-order valence-electron chi connectivity index (χ0n) is 13.6. The number of halogens is 3. The second-order valence-corrected chi connectivity index (χ2v) is 5.29. The van der Waals surface area contributed by atoms with Gasteiger partial charge in [-0.1, -0.05) is 18.2 Å². The van der Waals surface area contributed by atoms with Gasteiger partial charge in [0.15, 0.2) is 6.61 Å². The van der Waals surface area contributed by atoms with Crippen LogP contribution in [0.15, 0.2) is 42.5 Å². The van der Waals surface area contributed by atoms with Crippen LogP contribution in [0.2, 0.25) is 0 Å². The Balaban J connectivity index is 2.18. The second kappa shape index (κ2) is 7.77. The van der Waals surface area contributed by atoms with E-state index in [0.717, 1.165) is 11.6 Å². The van der Waals surface area contributed by atoms with E-state index in [9.17, 15) is 22.8 Å². The molecule has 0 aliphatic rings. The van der Waals surface area contributed by atoms with Gasteiger partial charge in [0.05, 0.1) is 5.56 Å². The number of carbonyl (C=O) groups excluding carboxylic acids is 1. The molecule has 0 radical (unpaired) electrons. The Morgan fingerprint density at radius 1 is 1.12 bits per heavy atom. The molecule has 0 aliphatic carbocycles. The highest BCUT2D eigenvalue weighted by Gasteiger charge is 2.35. The monoisotopic (exact) mass is 368 g/mol. The first kappa shape index (κ1) is 19.1. The van der Waals surface area contributed by atoms with Crippen LogP contribution in [0.5, 0.6) is 5.75 Å². The summed E-state index contributed by atoms with van der Waals surface area (Å²) in [5, 5.41) is 13.4. The van der Waals surface area contributed by atoms with E-state index in [1.54, 1.807) is 31.2 Å². The standard InChI is InChI=1S/C17H15F3N2O4/c1-10-4-2-3-5-13(10)22-16(25)21-11-6-7-14(26-9-15(23)24)12(8-11)17(18,19)20/h2-8H,9H2,1H3,(H,23,24)(H2,21,22,25). The Kier molecular flexibility index (Phi) is 5.71. The summed E-state index contributed by atoms with van der Waals surface area (Å²) in [5.74, 6) is -2.04. The van der Waals surface area contributed by atoms with Crippen molar-refractivity contribution in [3.63, 3.8) is 0 Å². The highest BCUT2D eigenvalue weighted by molar-refractivity contribution is 6.00. The number of carboxylic acid groups (broad SMARTS) is 1. The summed E-state index contributed by atoms with van der Waals surface area (Å²) < 4.78 is 44.1. The smallest absolute Gasteiger partial charge is 0.420 e. The van der Waals surface area contributed by atoms with Crippen LogP contribution >= 0.6 is 0 Å². The predicted molar refractivity (Wildman–Crippen MR) is 88.4 cm³/mol. The maximum Gasteiger partial charge on any atom is 0.420 e. The molecule has 9 heteroatoms. The molecular formula is C17H15F3N2O4. The summed E-state index contributed by atoms with van der Waals surface area (Å²) in [5.41, 5.74) is -0.00275. The molecule has 0 spiro atoms. The van der Waals surface area contributed by atoms with Crippen molar-refractivity contribution in [1.29, 1.82) is 0 Å². The molecule has 138 valence electrons. The van der Waals surface area contributed by atoms with E-state index in [0.29, 0.717) is 11.8 Å². The van der Waals surface area contributed by atoms with E-state index in [-0.39, 0.29) is 5.69 Å². The van der Waals surface area contributed by atoms with E-state index < -0.39 is 36.1 Å². The van der Waals surface area contributed by atoms with Crippen LogP contribution in [-0.2, 0) is 11.0 Å². The van der Waals surface area contributed by atoms with Crippen LogP contribution in [0.1, 0.15) is 11.1 Å². The van der Waals surface area contributed by atoms with Gasteiger partial charge in [-0.25, -0.2) is 9.59 Å². The lowest BCUT2D eigenvalue weighted by atomic mass is 10.1. The normalized spacial score (nSPS) is 10.9. The number of urea groups is 1. The quantitative estimate of drug-likeness (QED) is 0.741. The summed E-state index contributed by atoms with van der Waals surface area (Å²) in [4.78, 5) is 22.5. The first-order valence-corrected chi connectivity index (χ1v) is 7.36. The number of alkyl halides is 3. The third-order valence-electron chi connectivity index (χ3n) is 3.29. The maximum absolute atomic E-state index is 13.1. The zero-order chi connectivity index (χ0) is 19.3. The van der Waals surface area contributed by atoms with Gasteiger partial charge < -0.3 is 20.5 Å². The molecule has 2 aromatic rings. The molecule has 0 saturated heterocycles. The predicted octanol–water partition coefficient (Wildman–Crippen LogP) is 4.12. The number of benzene rings is 2. The molecule has 2 aromatic carbocycles. The van der Waals surface area contributed by atoms with E-state index >= 15 is 0 Å². The lowest BCUT2D eigenvalue weighted by molar-refractivity contribution is -0.143. The summed E-state index contributed by atoms with van der Waals surface area (Å²) in [6, 6.07) is 9.01. The average Bonchev–Trinajstić information content (AvgIpc) is 2.54. The summed E-state index contributed by atoms with van der Waals surface area (Å²) >= 11 is 0. The Morgan fingerprint density at radius 3 is 2.42 bits per heavy atom. The van der Waals surface area contributed by atoms with E-state index in [1.165, 1.54) is 6.07 Å². The topological polar surface area (TPSA) is 87.7 Å². The SMILES string of the molecule is Cc1ccccc1NC(=O)Nc1ccc(OCC(=O)O)c(C(F)(F)F)c1. The molecule has 0 saturated carbocycles. The second-order valence-electron chi connectivity index (χ2n) is 5.29. The molecule has 0 atom stereocenters. The third-order valence-corrected chi connectivity index (χ3v) is 3.29. The van der Waals surface area contributed by atoms with Crippen molar-refractivity contribution in [3.05, 3.63) is 53.6 Å². The number of carbonyl (C=O) groups is 2. The molecule has 0 aromatic heterocycles. The van der Waals surface area contributed by atoms with E-state index in [1.807, 2.05) is 0 Å². The van der Waals surface area contributed by atoms with Crippen LogP contribution in [-0.4, -0.2) is 23.7 Å². The molecule has 0 unspecified atom stereocenters. The first-order valence-electron chi connectivity index (χ1n) is 7.36. The minimum absolute atomic E-state index is 0.119. The molecule has 2 rings (SSSR count). The summed E-state index contributed by atoms with van der Waals surface area (Å²) in [6.07, 6.45) is -4.78. The molecule has 6 nitrogen and oxygen atoms in total. The van der Waals surface area contributed by atoms with Gasteiger partial charge in [-0.3, -0.25) is 0 Å². The highest BCUT2D eigenvalue weighted by atomic mass is 19.4. The number of amides is 2. The third kappa shape index (κ3) is 5.13. The van der Waals surface area contributed by atoms with Gasteiger partial charge in [0, 0.05) is 11.4 Å². The molecule has 26 heavy (non-hydrogen) atoms. The number of aryl methyl sites for hydroxylation is 1. The Labute approximate surface area is 146 Å². The van der Waals surface area contributed by atoms with Gasteiger partial charge in [0.1, 0.15) is 5.75 Å². The van der Waals surface area contributed by atoms with Crippen molar-refractivity contribution in [2.75, 3.05) is 17.2 Å². The van der Waals surface area contributed by atoms with Crippen molar-refractivity contribution in [3.8, 4) is 5.75 Å². The van der Waals surface area contributed by atoms with Crippen LogP contribution < -0.4 is 15.4 Å². The first-order chi connectivity index (χ1) is 12.2. The molecule has 0 bridgehead atoms. The van der Waals surface area contributed by atoms with E-state index in [4.69, 9.17) is 5.11 Å². The highest BCUT2D eigenvalue weighted by Crippen LogP contribution is 2.38. The van der Waals surface area contributed by atoms with Crippen LogP contribution in [0.4, 0.5) is 29.3 Å². The van der Waals surface area contributed by atoms with Crippen LogP contribution in [0.3, 0.4) is 0 Å². The van der Waals surface area contributed by atoms with Crippen molar-refractivity contribution >= 4 is 23.4 Å². The Morgan fingerprint density at radius 2 is 1.81 bits per heavy atom. The lowest BCUT2D eigenvalue weighted by Gasteiger charge is -2.15. The fraction of sp³-hybridized carbons (Fsp3) is 0.176. The lowest BCUT2D eigenvalue weighted by Crippen LogP contribution is -2.20. The Hall–Kier alpha value is -3.23. The van der Waals surface area contributed by atoms with Crippen molar-refractivity contribution in [2.45, 2.75) is 13.1 Å². The fourth-order valence-corrected chi connectivity index (χ4v) is 2.09. The maximum atomic E-state index is 13.1. The minimum Gasteiger partial charge on any atom is -0.481 e. The zero-order valence-corrected chi connectivity index (χ0v) is 13.6. The number of ether oxygens (including phenoxy) is 1. The molecule has 0 aliphatic heterocycles. The van der Waals surface area contributed by atoms with Crippen molar-refractivity contribution < 1.29 is 32.6 Å². The van der Waals surface area contributed by atoms with Gasteiger partial charge in [0.2, 0.25) is 0 Å². The summed E-state index contributed by atoms with van der Waals surface area (Å²) in [7, 11) is 0. The van der Waals surface area contributed by atoms with Gasteiger partial charge in [-0.05, 0) is 36.8 Å². The molecule has 0 heterocycles. The number of hydrogen-bond donors (Lipinski definition) is 3. The summed E-state index contributed by atoms with van der Waals surface area (Å²) in [6.45, 7) is 0.857. The molecular weight excluding hydrogens is 353 g/mol. The average molecular weight is 368 g/mol. The van der Waals surface area contributed by atoms with Crippen LogP contribution in [0.25, 0.3) is 0 Å². The van der Waals surface area contributed by atoms with Crippen molar-refractivity contribution in [1.82, 2.24) is 0 Å². The number of hydrogen-bond acceptors (Lipinski definition) is 3. The van der Waals surface area contributed by atoms with Crippen molar-refractivity contribution in [2.24, 2.45) is 0 Å². The number of para-hydroxylation sites is 1. The largest absolute Gasteiger partial charge is 0.481 e. The van der Waals surface area contributed by atoms with E-state index in [2.05, 4.69) is 15.4 Å². The Bertz CT molecular complexity index is 822. The van der Waals surface area contributed by atoms with Gasteiger partial charge in [0.25, 0.3) is 0 Å². The van der Waals surface area contributed by atoms with Gasteiger partial charge in [-0.2, -0.15) is 13.2 Å². The van der Waals surface area contributed by atoms with Crippen LogP contribution in [0, 0.1) is 6.92 Å². The van der Waals surface area contributed by atoms with Gasteiger partial charge in [-0.15, -0.1) is 0 Å². The minimum atomic E-state index is -4.78. The molecule has 0 fully saturated rings. The molecule has 2 amide bonds. The number of anilines is 2. The van der Waals surface area contributed by atoms with Gasteiger partial charge >= 0.3 is 18.2 Å². The number of rotatable bonds is 5. The fourth-order valence-electron chi connectivity index (χ4n) is 2.09.